The topological polar surface area (TPSA) is 83.8 Å². The zero-order valence-electron chi connectivity index (χ0n) is 10.9. The molecule has 5 nitrogen and oxygen atoms in total. The fourth-order valence-electron chi connectivity index (χ4n) is 1.68. The zero-order chi connectivity index (χ0) is 15.2. The predicted molar refractivity (Wildman–Crippen MR) is 76.0 cm³/mol. The van der Waals surface area contributed by atoms with E-state index in [1.54, 1.807) is 42.5 Å². The normalized spacial score (nSPS) is 10.5. The maximum Gasteiger partial charge on any atom is 0.336 e. The Morgan fingerprint density at radius 2 is 1.67 bits per heavy atom. The Morgan fingerprint density at radius 1 is 0.952 bits per heavy atom. The highest BCUT2D eigenvalue weighted by Crippen LogP contribution is 2.25. The lowest BCUT2D eigenvalue weighted by atomic mass is 10.1. The third-order valence-corrected chi connectivity index (χ3v) is 2.62. The van der Waals surface area contributed by atoms with Gasteiger partial charge < -0.3 is 14.9 Å². The van der Waals surface area contributed by atoms with Crippen molar-refractivity contribution in [3.8, 4) is 22.6 Å². The number of phenols is 1. The number of hydrogen-bond acceptors (Lipinski definition) is 4. The van der Waals surface area contributed by atoms with Gasteiger partial charge in [0.15, 0.2) is 0 Å². The second kappa shape index (κ2) is 6.38. The molecule has 0 aliphatic carbocycles. The van der Waals surface area contributed by atoms with Crippen molar-refractivity contribution in [3.63, 3.8) is 0 Å². The monoisotopic (exact) mass is 284 g/mol. The number of ether oxygens (including phenoxy) is 1. The number of carboxylic acid groups (broad SMARTS) is 1. The summed E-state index contributed by atoms with van der Waals surface area (Å²) >= 11 is 0. The number of aromatic hydroxyl groups is 1. The third kappa shape index (κ3) is 4.21. The summed E-state index contributed by atoms with van der Waals surface area (Å²) in [7, 11) is 0. The lowest BCUT2D eigenvalue weighted by molar-refractivity contribution is -0.133. The van der Waals surface area contributed by atoms with Crippen LogP contribution in [0.4, 0.5) is 0 Å². The van der Waals surface area contributed by atoms with E-state index in [0.717, 1.165) is 17.2 Å². The van der Waals surface area contributed by atoms with Gasteiger partial charge in [0.05, 0.1) is 0 Å². The van der Waals surface area contributed by atoms with Crippen molar-refractivity contribution >= 4 is 11.9 Å². The molecule has 106 valence electrons. The van der Waals surface area contributed by atoms with E-state index in [1.165, 1.54) is 0 Å². The Labute approximate surface area is 120 Å². The summed E-state index contributed by atoms with van der Waals surface area (Å²) in [6.07, 6.45) is 1.56. The molecule has 2 aromatic carbocycles. The van der Waals surface area contributed by atoms with Gasteiger partial charge in [0.1, 0.15) is 11.5 Å². The van der Waals surface area contributed by atoms with E-state index in [2.05, 4.69) is 0 Å². The first-order valence-corrected chi connectivity index (χ1v) is 6.07. The van der Waals surface area contributed by atoms with Crippen LogP contribution in [0.1, 0.15) is 0 Å². The molecule has 2 rings (SSSR count). The summed E-state index contributed by atoms with van der Waals surface area (Å²) in [6.45, 7) is 0. The molecule has 0 bridgehead atoms. The fourth-order valence-corrected chi connectivity index (χ4v) is 1.68. The van der Waals surface area contributed by atoms with Crippen molar-refractivity contribution in [2.24, 2.45) is 0 Å². The molecule has 0 atom stereocenters. The number of carbonyl (C=O) groups excluding carboxylic acids is 1. The Hall–Kier alpha value is -3.08. The molecule has 0 unspecified atom stereocenters. The number of carbonyl (C=O) groups is 2. The second-order valence-corrected chi connectivity index (χ2v) is 4.17. The van der Waals surface area contributed by atoms with Crippen LogP contribution in [0.3, 0.4) is 0 Å². The van der Waals surface area contributed by atoms with E-state index in [0.29, 0.717) is 11.8 Å². The smallest absolute Gasteiger partial charge is 0.336 e. The number of esters is 1. The van der Waals surface area contributed by atoms with E-state index in [-0.39, 0.29) is 5.75 Å². The SMILES string of the molecule is O=C(O)/C=C/C(=O)Oc1cccc(-c2ccc(O)cc2)c1. The molecule has 0 heterocycles. The van der Waals surface area contributed by atoms with Crippen molar-refractivity contribution in [1.82, 2.24) is 0 Å². The first kappa shape index (κ1) is 14.3. The van der Waals surface area contributed by atoms with E-state index in [9.17, 15) is 14.7 Å². The Bertz CT molecular complexity index is 686. The Balaban J connectivity index is 2.16. The lowest BCUT2D eigenvalue weighted by Crippen LogP contribution is -2.04. The predicted octanol–water partition coefficient (Wildman–Crippen LogP) is 2.61. The van der Waals surface area contributed by atoms with Gasteiger partial charge in [0.2, 0.25) is 0 Å². The number of benzene rings is 2. The first-order valence-electron chi connectivity index (χ1n) is 6.07. The third-order valence-electron chi connectivity index (χ3n) is 2.62. The maximum absolute atomic E-state index is 11.4. The quantitative estimate of drug-likeness (QED) is 0.512. The molecular weight excluding hydrogens is 272 g/mol. The van der Waals surface area contributed by atoms with E-state index in [4.69, 9.17) is 9.84 Å². The molecule has 0 saturated carbocycles. The van der Waals surface area contributed by atoms with Gasteiger partial charge in [-0.25, -0.2) is 9.59 Å². The number of carboxylic acids is 1. The first-order chi connectivity index (χ1) is 10.0. The van der Waals surface area contributed by atoms with Crippen molar-refractivity contribution in [1.29, 1.82) is 0 Å². The molecule has 0 amide bonds. The lowest BCUT2D eigenvalue weighted by Gasteiger charge is -2.05. The zero-order valence-corrected chi connectivity index (χ0v) is 10.9. The van der Waals surface area contributed by atoms with Crippen molar-refractivity contribution in [2.75, 3.05) is 0 Å². The molecule has 2 N–H and O–H groups in total. The largest absolute Gasteiger partial charge is 0.508 e. The van der Waals surface area contributed by atoms with Gasteiger partial charge in [-0.2, -0.15) is 0 Å². The Morgan fingerprint density at radius 3 is 2.33 bits per heavy atom. The summed E-state index contributed by atoms with van der Waals surface area (Å²) in [5.41, 5.74) is 1.66. The molecular formula is C16H12O5. The fraction of sp³-hybridized carbons (Fsp3) is 0. The second-order valence-electron chi connectivity index (χ2n) is 4.17. The van der Waals surface area contributed by atoms with Crippen LogP contribution in [-0.4, -0.2) is 22.2 Å². The summed E-state index contributed by atoms with van der Waals surface area (Å²) < 4.78 is 5.01. The van der Waals surface area contributed by atoms with Gasteiger partial charge in [0.25, 0.3) is 0 Å². The van der Waals surface area contributed by atoms with Gasteiger partial charge in [-0.05, 0) is 35.4 Å². The van der Waals surface area contributed by atoms with Crippen LogP contribution in [0.15, 0.2) is 60.7 Å². The maximum atomic E-state index is 11.4. The molecule has 0 aliphatic heterocycles. The Kier molecular flexibility index (Phi) is 4.36. The standard InChI is InChI=1S/C16H12O5/c17-13-6-4-11(5-7-13)12-2-1-3-14(10-12)21-16(20)9-8-15(18)19/h1-10,17H,(H,18,19)/b9-8+. The van der Waals surface area contributed by atoms with Crippen LogP contribution >= 0.6 is 0 Å². The van der Waals surface area contributed by atoms with Gasteiger partial charge in [0, 0.05) is 12.2 Å². The average molecular weight is 284 g/mol. The number of rotatable bonds is 4. The van der Waals surface area contributed by atoms with Crippen molar-refractivity contribution in [3.05, 3.63) is 60.7 Å². The number of aliphatic carboxylic acids is 1. The molecule has 0 saturated heterocycles. The highest BCUT2D eigenvalue weighted by atomic mass is 16.5. The van der Waals surface area contributed by atoms with Crippen LogP contribution in [0.25, 0.3) is 11.1 Å². The summed E-state index contributed by atoms with van der Waals surface area (Å²) in [5, 5.41) is 17.7. The summed E-state index contributed by atoms with van der Waals surface area (Å²) in [4.78, 5) is 21.7. The number of hydrogen-bond donors (Lipinski definition) is 2. The number of phenolic OH excluding ortho intramolecular Hbond substituents is 1. The minimum absolute atomic E-state index is 0.167. The molecule has 0 spiro atoms. The van der Waals surface area contributed by atoms with Gasteiger partial charge in [-0.3, -0.25) is 0 Å². The summed E-state index contributed by atoms with van der Waals surface area (Å²) in [5.74, 6) is -1.51. The van der Waals surface area contributed by atoms with Crippen molar-refractivity contribution in [2.45, 2.75) is 0 Å². The summed E-state index contributed by atoms with van der Waals surface area (Å²) in [6, 6.07) is 13.4. The highest BCUT2D eigenvalue weighted by molar-refractivity contribution is 5.91. The van der Waals surface area contributed by atoms with Crippen molar-refractivity contribution < 1.29 is 24.5 Å². The van der Waals surface area contributed by atoms with E-state index >= 15 is 0 Å². The molecule has 0 aromatic heterocycles. The van der Waals surface area contributed by atoms with Crippen LogP contribution < -0.4 is 4.74 Å². The molecule has 2 aromatic rings. The molecule has 21 heavy (non-hydrogen) atoms. The highest BCUT2D eigenvalue weighted by Gasteiger charge is 2.04. The van der Waals surface area contributed by atoms with Crippen LogP contribution in [-0.2, 0) is 9.59 Å². The van der Waals surface area contributed by atoms with Crippen LogP contribution in [0.5, 0.6) is 11.5 Å². The van der Waals surface area contributed by atoms with Gasteiger partial charge in [-0.1, -0.05) is 24.3 Å². The minimum atomic E-state index is -1.22. The van der Waals surface area contributed by atoms with Gasteiger partial charge in [-0.15, -0.1) is 0 Å². The average Bonchev–Trinajstić information content (AvgIpc) is 2.46. The minimum Gasteiger partial charge on any atom is -0.508 e. The van der Waals surface area contributed by atoms with Gasteiger partial charge >= 0.3 is 11.9 Å². The molecule has 0 radical (unpaired) electrons. The molecule has 0 fully saturated rings. The molecule has 0 aliphatic rings. The van der Waals surface area contributed by atoms with Crippen LogP contribution in [0.2, 0.25) is 0 Å². The van der Waals surface area contributed by atoms with E-state index < -0.39 is 11.9 Å². The van der Waals surface area contributed by atoms with E-state index in [1.807, 2.05) is 6.07 Å². The van der Waals surface area contributed by atoms with Crippen LogP contribution in [0, 0.1) is 0 Å². The molecule has 5 heteroatoms.